The summed E-state index contributed by atoms with van der Waals surface area (Å²) in [6, 6.07) is -1.62. The Kier molecular flexibility index (Phi) is 6.98. The Labute approximate surface area is 124 Å². The van der Waals surface area contributed by atoms with E-state index in [1.165, 1.54) is 24.2 Å². The number of hydrogen-bond donors (Lipinski definition) is 3. The Morgan fingerprint density at radius 1 is 1.19 bits per heavy atom. The standard InChI is InChI=1S/C14H24N2O5/c1-16(9-10-5-3-2-4-6-10)14(21)15-11(13(19)20)7-8-12(17)18/h10-11H,2-9H2,1H3,(H,15,21)(H,17,18)(H,19,20)/t11-/m0/s1. The van der Waals surface area contributed by atoms with Crippen LogP contribution in [0.15, 0.2) is 0 Å². The van der Waals surface area contributed by atoms with Crippen LogP contribution in [0.2, 0.25) is 0 Å². The molecule has 1 atom stereocenters. The third kappa shape index (κ3) is 6.46. The number of aliphatic carboxylic acids is 2. The van der Waals surface area contributed by atoms with E-state index < -0.39 is 24.0 Å². The topological polar surface area (TPSA) is 107 Å². The fourth-order valence-electron chi connectivity index (χ4n) is 2.62. The normalized spacial score (nSPS) is 17.0. The number of carboxylic acid groups (broad SMARTS) is 2. The molecule has 0 aliphatic heterocycles. The van der Waals surface area contributed by atoms with Crippen molar-refractivity contribution in [3.8, 4) is 0 Å². The Hall–Kier alpha value is -1.79. The molecular weight excluding hydrogens is 276 g/mol. The van der Waals surface area contributed by atoms with Gasteiger partial charge in [-0.2, -0.15) is 0 Å². The zero-order chi connectivity index (χ0) is 15.8. The molecule has 1 rings (SSSR count). The first-order valence-electron chi connectivity index (χ1n) is 7.36. The maximum absolute atomic E-state index is 12.0. The van der Waals surface area contributed by atoms with Crippen LogP contribution in [0.5, 0.6) is 0 Å². The lowest BCUT2D eigenvalue weighted by atomic mass is 9.89. The molecule has 120 valence electrons. The first-order chi connectivity index (χ1) is 9.90. The maximum Gasteiger partial charge on any atom is 0.326 e. The lowest BCUT2D eigenvalue weighted by Crippen LogP contribution is -2.48. The number of amides is 2. The summed E-state index contributed by atoms with van der Waals surface area (Å²) in [5.41, 5.74) is 0. The van der Waals surface area contributed by atoms with Crippen LogP contribution in [-0.2, 0) is 9.59 Å². The zero-order valence-electron chi connectivity index (χ0n) is 12.4. The van der Waals surface area contributed by atoms with E-state index in [9.17, 15) is 14.4 Å². The van der Waals surface area contributed by atoms with Crippen LogP contribution in [0.3, 0.4) is 0 Å². The molecule has 3 N–H and O–H groups in total. The second kappa shape index (κ2) is 8.49. The summed E-state index contributed by atoms with van der Waals surface area (Å²) < 4.78 is 0. The van der Waals surface area contributed by atoms with E-state index in [-0.39, 0.29) is 12.8 Å². The summed E-state index contributed by atoms with van der Waals surface area (Å²) in [4.78, 5) is 35.0. The van der Waals surface area contributed by atoms with Crippen LogP contribution >= 0.6 is 0 Å². The van der Waals surface area contributed by atoms with Crippen LogP contribution in [0.25, 0.3) is 0 Å². The van der Waals surface area contributed by atoms with Crippen LogP contribution < -0.4 is 5.32 Å². The van der Waals surface area contributed by atoms with E-state index in [1.807, 2.05) is 0 Å². The largest absolute Gasteiger partial charge is 0.481 e. The number of carboxylic acids is 2. The average molecular weight is 300 g/mol. The van der Waals surface area contributed by atoms with Crippen molar-refractivity contribution in [3.63, 3.8) is 0 Å². The molecule has 0 radical (unpaired) electrons. The Balaban J connectivity index is 2.43. The summed E-state index contributed by atoms with van der Waals surface area (Å²) >= 11 is 0. The van der Waals surface area contributed by atoms with Crippen molar-refractivity contribution >= 4 is 18.0 Å². The molecular formula is C14H24N2O5. The zero-order valence-corrected chi connectivity index (χ0v) is 12.4. The van der Waals surface area contributed by atoms with Gasteiger partial charge in [0.15, 0.2) is 0 Å². The lowest BCUT2D eigenvalue weighted by molar-refractivity contribution is -0.140. The van der Waals surface area contributed by atoms with Crippen molar-refractivity contribution in [2.75, 3.05) is 13.6 Å². The third-order valence-electron chi connectivity index (χ3n) is 3.85. The minimum absolute atomic E-state index is 0.117. The van der Waals surface area contributed by atoms with Crippen LogP contribution in [-0.4, -0.2) is 52.7 Å². The molecule has 1 aliphatic carbocycles. The molecule has 7 nitrogen and oxygen atoms in total. The number of carbonyl (C=O) groups is 3. The van der Waals surface area contributed by atoms with E-state index in [4.69, 9.17) is 10.2 Å². The quantitative estimate of drug-likeness (QED) is 0.661. The van der Waals surface area contributed by atoms with Crippen molar-refractivity contribution in [1.82, 2.24) is 10.2 Å². The minimum atomic E-state index is -1.21. The van der Waals surface area contributed by atoms with Gasteiger partial charge in [0.2, 0.25) is 0 Å². The number of rotatable bonds is 7. The van der Waals surface area contributed by atoms with E-state index in [1.54, 1.807) is 7.05 Å². The number of nitrogens with zero attached hydrogens (tertiary/aromatic N) is 1. The van der Waals surface area contributed by atoms with E-state index in [0.717, 1.165) is 12.8 Å². The lowest BCUT2D eigenvalue weighted by Gasteiger charge is -2.28. The van der Waals surface area contributed by atoms with Gasteiger partial charge in [0.25, 0.3) is 0 Å². The number of urea groups is 1. The highest BCUT2D eigenvalue weighted by Gasteiger charge is 2.24. The third-order valence-corrected chi connectivity index (χ3v) is 3.85. The molecule has 0 heterocycles. The summed E-state index contributed by atoms with van der Waals surface area (Å²) in [5, 5.41) is 20.0. The Morgan fingerprint density at radius 3 is 2.33 bits per heavy atom. The Bertz CT molecular complexity index is 380. The first kappa shape index (κ1) is 17.3. The second-order valence-corrected chi connectivity index (χ2v) is 5.66. The molecule has 0 unspecified atom stereocenters. The summed E-state index contributed by atoms with van der Waals surface area (Å²) in [6.07, 6.45) is 5.38. The molecule has 0 spiro atoms. The van der Waals surface area contributed by atoms with E-state index >= 15 is 0 Å². The SMILES string of the molecule is CN(CC1CCCCC1)C(=O)N[C@@H](CCC(=O)O)C(=O)O. The van der Waals surface area contributed by atoms with Crippen molar-refractivity contribution in [3.05, 3.63) is 0 Å². The molecule has 7 heteroatoms. The van der Waals surface area contributed by atoms with Crippen LogP contribution in [0.1, 0.15) is 44.9 Å². The van der Waals surface area contributed by atoms with Gasteiger partial charge < -0.3 is 20.4 Å². The fourth-order valence-corrected chi connectivity index (χ4v) is 2.62. The van der Waals surface area contributed by atoms with Gasteiger partial charge in [0.1, 0.15) is 6.04 Å². The predicted octanol–water partition coefficient (Wildman–Crippen LogP) is 1.53. The number of carbonyl (C=O) groups excluding carboxylic acids is 1. The van der Waals surface area contributed by atoms with E-state index in [2.05, 4.69) is 5.32 Å². The molecule has 0 bridgehead atoms. The van der Waals surface area contributed by atoms with E-state index in [0.29, 0.717) is 12.5 Å². The van der Waals surface area contributed by atoms with Gasteiger partial charge in [-0.3, -0.25) is 4.79 Å². The van der Waals surface area contributed by atoms with Crippen molar-refractivity contribution < 1.29 is 24.6 Å². The van der Waals surface area contributed by atoms with Crippen molar-refractivity contribution in [2.45, 2.75) is 51.0 Å². The van der Waals surface area contributed by atoms with Crippen molar-refractivity contribution in [2.24, 2.45) is 5.92 Å². The number of nitrogens with one attached hydrogen (secondary N) is 1. The molecule has 2 amide bonds. The summed E-state index contributed by atoms with van der Waals surface area (Å²) in [7, 11) is 1.64. The van der Waals surface area contributed by atoms with Crippen molar-refractivity contribution in [1.29, 1.82) is 0 Å². The second-order valence-electron chi connectivity index (χ2n) is 5.66. The summed E-state index contributed by atoms with van der Waals surface area (Å²) in [5.74, 6) is -1.82. The molecule has 1 saturated carbocycles. The first-order valence-corrected chi connectivity index (χ1v) is 7.36. The molecule has 0 saturated heterocycles. The summed E-state index contributed by atoms with van der Waals surface area (Å²) in [6.45, 7) is 0.608. The Morgan fingerprint density at radius 2 is 1.81 bits per heavy atom. The highest BCUT2D eigenvalue weighted by Crippen LogP contribution is 2.24. The average Bonchev–Trinajstić information content (AvgIpc) is 2.43. The molecule has 21 heavy (non-hydrogen) atoms. The molecule has 1 aliphatic rings. The molecule has 0 aromatic rings. The highest BCUT2D eigenvalue weighted by molar-refractivity contribution is 5.82. The highest BCUT2D eigenvalue weighted by atomic mass is 16.4. The van der Waals surface area contributed by atoms with Crippen LogP contribution in [0, 0.1) is 5.92 Å². The predicted molar refractivity (Wildman–Crippen MR) is 76.0 cm³/mol. The van der Waals surface area contributed by atoms with Gasteiger partial charge in [-0.05, 0) is 25.2 Å². The van der Waals surface area contributed by atoms with Gasteiger partial charge in [-0.15, -0.1) is 0 Å². The van der Waals surface area contributed by atoms with Gasteiger partial charge in [0, 0.05) is 20.0 Å². The smallest absolute Gasteiger partial charge is 0.326 e. The molecule has 0 aromatic carbocycles. The van der Waals surface area contributed by atoms with Gasteiger partial charge >= 0.3 is 18.0 Å². The monoisotopic (exact) mass is 300 g/mol. The minimum Gasteiger partial charge on any atom is -0.481 e. The fraction of sp³-hybridized carbons (Fsp3) is 0.786. The molecule has 0 aromatic heterocycles. The van der Waals surface area contributed by atoms with Gasteiger partial charge in [-0.1, -0.05) is 19.3 Å². The van der Waals surface area contributed by atoms with Gasteiger partial charge in [-0.25, -0.2) is 9.59 Å². The number of hydrogen-bond acceptors (Lipinski definition) is 3. The molecule has 1 fully saturated rings. The van der Waals surface area contributed by atoms with Gasteiger partial charge in [0.05, 0.1) is 0 Å². The maximum atomic E-state index is 12.0. The van der Waals surface area contributed by atoms with Crippen LogP contribution in [0.4, 0.5) is 4.79 Å².